The van der Waals surface area contributed by atoms with Crippen LogP contribution in [0.3, 0.4) is 0 Å². The summed E-state index contributed by atoms with van der Waals surface area (Å²) in [4.78, 5) is 9.71. The molecule has 1 aliphatic carbocycles. The summed E-state index contributed by atoms with van der Waals surface area (Å²) in [6, 6.07) is 4.07. The van der Waals surface area contributed by atoms with Crippen LogP contribution in [0.15, 0.2) is 18.3 Å². The molecule has 2 aromatic rings. The summed E-state index contributed by atoms with van der Waals surface area (Å²) < 4.78 is 1.92. The second-order valence-corrected chi connectivity index (χ2v) is 7.46. The van der Waals surface area contributed by atoms with E-state index >= 15 is 0 Å². The molecule has 6 heteroatoms. The standard InChI is InChI=1S/C18H28N6/c1-15-13-17(24-16(21-15)5-8-20-24)19-14-18(6-3-4-7-18)23-11-9-22(2)10-12-23/h5,8,13,19H,3-4,6-7,9-12,14H2,1-2H3. The van der Waals surface area contributed by atoms with E-state index in [4.69, 9.17) is 0 Å². The Morgan fingerprint density at radius 3 is 2.67 bits per heavy atom. The average Bonchev–Trinajstić information content (AvgIpc) is 3.23. The molecule has 0 spiro atoms. The maximum Gasteiger partial charge on any atom is 0.157 e. The van der Waals surface area contributed by atoms with Crippen LogP contribution in [0.2, 0.25) is 0 Å². The smallest absolute Gasteiger partial charge is 0.157 e. The van der Waals surface area contributed by atoms with E-state index in [1.165, 1.54) is 51.9 Å². The van der Waals surface area contributed by atoms with Crippen molar-refractivity contribution >= 4 is 11.5 Å². The van der Waals surface area contributed by atoms with E-state index < -0.39 is 0 Å². The van der Waals surface area contributed by atoms with Crippen LogP contribution in [0.25, 0.3) is 5.65 Å². The predicted octanol–water partition coefficient (Wildman–Crippen LogP) is 2.01. The van der Waals surface area contributed by atoms with Crippen LogP contribution in [0, 0.1) is 6.92 Å². The van der Waals surface area contributed by atoms with Gasteiger partial charge in [0.05, 0.1) is 6.20 Å². The second kappa shape index (κ2) is 6.33. The topological polar surface area (TPSA) is 48.7 Å². The van der Waals surface area contributed by atoms with E-state index in [2.05, 4.69) is 38.3 Å². The minimum absolute atomic E-state index is 0.303. The molecule has 0 bridgehead atoms. The lowest BCUT2D eigenvalue weighted by atomic mass is 9.93. The third-order valence-corrected chi connectivity index (χ3v) is 5.79. The van der Waals surface area contributed by atoms with Crippen LogP contribution in [-0.2, 0) is 0 Å². The molecule has 2 fully saturated rings. The zero-order valence-electron chi connectivity index (χ0n) is 14.8. The summed E-state index contributed by atoms with van der Waals surface area (Å²) in [5.74, 6) is 1.06. The zero-order valence-corrected chi connectivity index (χ0v) is 14.8. The van der Waals surface area contributed by atoms with Crippen molar-refractivity contribution in [1.29, 1.82) is 0 Å². The van der Waals surface area contributed by atoms with Crippen molar-refractivity contribution in [3.8, 4) is 0 Å². The minimum Gasteiger partial charge on any atom is -0.368 e. The fourth-order valence-electron chi connectivity index (χ4n) is 4.34. The quantitative estimate of drug-likeness (QED) is 0.930. The van der Waals surface area contributed by atoms with Crippen LogP contribution >= 0.6 is 0 Å². The van der Waals surface area contributed by atoms with E-state index in [1.807, 2.05) is 23.7 Å². The van der Waals surface area contributed by atoms with Crippen molar-refractivity contribution < 1.29 is 0 Å². The first-order chi connectivity index (χ1) is 11.7. The van der Waals surface area contributed by atoms with Gasteiger partial charge < -0.3 is 10.2 Å². The fourth-order valence-corrected chi connectivity index (χ4v) is 4.34. The number of anilines is 1. The number of nitrogens with zero attached hydrogens (tertiary/aromatic N) is 5. The Hall–Kier alpha value is -1.66. The van der Waals surface area contributed by atoms with Gasteiger partial charge >= 0.3 is 0 Å². The van der Waals surface area contributed by atoms with Gasteiger partial charge in [0, 0.05) is 56.1 Å². The number of nitrogens with one attached hydrogen (secondary N) is 1. The van der Waals surface area contributed by atoms with Crippen molar-refractivity contribution in [2.45, 2.75) is 38.1 Å². The molecule has 0 amide bonds. The number of hydrogen-bond acceptors (Lipinski definition) is 5. The molecule has 0 unspecified atom stereocenters. The molecule has 2 aromatic heterocycles. The fraction of sp³-hybridized carbons (Fsp3) is 0.667. The highest BCUT2D eigenvalue weighted by molar-refractivity contribution is 5.49. The van der Waals surface area contributed by atoms with Crippen molar-refractivity contribution in [3.05, 3.63) is 24.0 Å². The molecule has 24 heavy (non-hydrogen) atoms. The van der Waals surface area contributed by atoms with Gasteiger partial charge in [0.15, 0.2) is 5.65 Å². The minimum atomic E-state index is 0.303. The van der Waals surface area contributed by atoms with Gasteiger partial charge in [-0.05, 0) is 26.8 Å². The van der Waals surface area contributed by atoms with E-state index in [-0.39, 0.29) is 0 Å². The highest BCUT2D eigenvalue weighted by atomic mass is 15.3. The lowest BCUT2D eigenvalue weighted by Crippen LogP contribution is -2.58. The summed E-state index contributed by atoms with van der Waals surface area (Å²) in [6.45, 7) is 7.77. The average molecular weight is 328 g/mol. The van der Waals surface area contributed by atoms with Gasteiger partial charge in [0.2, 0.25) is 0 Å². The number of likely N-dealkylation sites (N-methyl/N-ethyl adjacent to an activating group) is 1. The Kier molecular flexibility index (Phi) is 4.18. The Balaban J connectivity index is 1.54. The third-order valence-electron chi connectivity index (χ3n) is 5.79. The molecule has 0 aromatic carbocycles. The summed E-state index contributed by atoms with van der Waals surface area (Å²) in [6.07, 6.45) is 7.12. The van der Waals surface area contributed by atoms with Gasteiger partial charge in [-0.1, -0.05) is 12.8 Å². The zero-order chi connectivity index (χ0) is 16.6. The highest BCUT2D eigenvalue weighted by Crippen LogP contribution is 2.36. The maximum atomic E-state index is 4.54. The van der Waals surface area contributed by atoms with Gasteiger partial charge in [0.1, 0.15) is 5.82 Å². The van der Waals surface area contributed by atoms with Gasteiger partial charge in [0.25, 0.3) is 0 Å². The summed E-state index contributed by atoms with van der Waals surface area (Å²) >= 11 is 0. The van der Waals surface area contributed by atoms with Gasteiger partial charge in [-0.2, -0.15) is 9.61 Å². The molecule has 1 aliphatic heterocycles. The van der Waals surface area contributed by atoms with E-state index in [0.29, 0.717) is 5.54 Å². The Morgan fingerprint density at radius 1 is 1.17 bits per heavy atom. The van der Waals surface area contributed by atoms with Crippen LogP contribution in [0.5, 0.6) is 0 Å². The molecule has 1 N–H and O–H groups in total. The Bertz CT molecular complexity index is 695. The van der Waals surface area contributed by atoms with Crippen LogP contribution < -0.4 is 5.32 Å². The van der Waals surface area contributed by atoms with E-state index in [9.17, 15) is 0 Å². The summed E-state index contributed by atoms with van der Waals surface area (Å²) in [5.41, 5.74) is 2.25. The SMILES string of the molecule is Cc1cc(NCC2(N3CCN(C)CC3)CCCC2)n2nccc2n1. The van der Waals surface area contributed by atoms with Gasteiger partial charge in [-0.3, -0.25) is 4.90 Å². The molecule has 3 heterocycles. The molecule has 6 nitrogen and oxygen atoms in total. The van der Waals surface area contributed by atoms with Gasteiger partial charge in [-0.15, -0.1) is 0 Å². The largest absolute Gasteiger partial charge is 0.368 e. The number of rotatable bonds is 4. The van der Waals surface area contributed by atoms with Crippen molar-refractivity contribution in [2.24, 2.45) is 0 Å². The third kappa shape index (κ3) is 2.89. The first-order valence-corrected chi connectivity index (χ1v) is 9.15. The number of hydrogen-bond donors (Lipinski definition) is 1. The molecular formula is C18H28N6. The molecular weight excluding hydrogens is 300 g/mol. The number of aryl methyl sites for hydroxylation is 1. The van der Waals surface area contributed by atoms with Crippen LogP contribution in [0.1, 0.15) is 31.4 Å². The lowest BCUT2D eigenvalue weighted by molar-refractivity contribution is 0.0510. The molecule has 0 atom stereocenters. The monoisotopic (exact) mass is 328 g/mol. The lowest BCUT2D eigenvalue weighted by Gasteiger charge is -2.45. The first-order valence-electron chi connectivity index (χ1n) is 9.15. The second-order valence-electron chi connectivity index (χ2n) is 7.46. The predicted molar refractivity (Wildman–Crippen MR) is 96.5 cm³/mol. The Morgan fingerprint density at radius 2 is 1.92 bits per heavy atom. The van der Waals surface area contributed by atoms with E-state index in [0.717, 1.165) is 23.7 Å². The summed E-state index contributed by atoms with van der Waals surface area (Å²) in [7, 11) is 2.23. The Labute approximate surface area is 143 Å². The highest BCUT2D eigenvalue weighted by Gasteiger charge is 2.40. The van der Waals surface area contributed by atoms with Crippen molar-refractivity contribution in [1.82, 2.24) is 24.4 Å². The van der Waals surface area contributed by atoms with Crippen molar-refractivity contribution in [3.63, 3.8) is 0 Å². The van der Waals surface area contributed by atoms with Crippen LogP contribution in [0.4, 0.5) is 5.82 Å². The van der Waals surface area contributed by atoms with Crippen molar-refractivity contribution in [2.75, 3.05) is 45.1 Å². The molecule has 1 saturated heterocycles. The molecule has 4 rings (SSSR count). The number of piperazine rings is 1. The normalized spacial score (nSPS) is 22.2. The summed E-state index contributed by atoms with van der Waals surface area (Å²) in [5, 5.41) is 8.13. The molecule has 1 saturated carbocycles. The van der Waals surface area contributed by atoms with E-state index in [1.54, 1.807) is 0 Å². The number of aromatic nitrogens is 3. The molecule has 130 valence electrons. The first kappa shape index (κ1) is 15.8. The van der Waals surface area contributed by atoms with Crippen LogP contribution in [-0.4, -0.2) is 69.7 Å². The maximum absolute atomic E-state index is 4.54. The molecule has 0 radical (unpaired) electrons. The van der Waals surface area contributed by atoms with Gasteiger partial charge in [-0.25, -0.2) is 4.98 Å². The molecule has 2 aliphatic rings. The number of fused-ring (bicyclic) bond motifs is 1.